The number of hydrogen-bond acceptors (Lipinski definition) is 0. The predicted molar refractivity (Wildman–Crippen MR) is 48.4 cm³/mol. The molecule has 0 spiro atoms. The van der Waals surface area contributed by atoms with E-state index in [0.717, 1.165) is 12.8 Å². The Kier molecular flexibility index (Phi) is 3.28. The molecule has 0 rings (SSSR count). The van der Waals surface area contributed by atoms with Gasteiger partial charge in [0.25, 0.3) is 0 Å². The van der Waals surface area contributed by atoms with Gasteiger partial charge in [-0.05, 0) is 26.7 Å². The van der Waals surface area contributed by atoms with E-state index in [1.54, 1.807) is 19.9 Å². The second-order valence-corrected chi connectivity index (χ2v) is 3.54. The van der Waals surface area contributed by atoms with E-state index in [0.29, 0.717) is 0 Å². The summed E-state index contributed by atoms with van der Waals surface area (Å²) in [5.41, 5.74) is -1.49. The first-order valence-electron chi connectivity index (χ1n) is 4.26. The standard InChI is InChI=1S/C10H19F/c1-6-10(7-2,8-3)9(4,5)11/h6H,1,7-8H2,2-5H3. The van der Waals surface area contributed by atoms with Crippen LogP contribution in [-0.4, -0.2) is 5.67 Å². The van der Waals surface area contributed by atoms with Crippen LogP contribution in [0.2, 0.25) is 0 Å². The fourth-order valence-electron chi connectivity index (χ4n) is 1.62. The van der Waals surface area contributed by atoms with Crippen molar-refractivity contribution in [3.63, 3.8) is 0 Å². The highest BCUT2D eigenvalue weighted by molar-refractivity contribution is 5.03. The van der Waals surface area contributed by atoms with Crippen LogP contribution >= 0.6 is 0 Å². The fourth-order valence-corrected chi connectivity index (χ4v) is 1.62. The van der Waals surface area contributed by atoms with Gasteiger partial charge in [0.15, 0.2) is 0 Å². The molecule has 0 fully saturated rings. The maximum Gasteiger partial charge on any atom is 0.114 e. The molecule has 0 aromatic rings. The molecule has 0 amide bonds. The molecule has 0 N–H and O–H groups in total. The zero-order chi connectivity index (χ0) is 9.12. The number of hydrogen-bond donors (Lipinski definition) is 0. The Morgan fingerprint density at radius 2 is 1.64 bits per heavy atom. The molecule has 11 heavy (non-hydrogen) atoms. The molecule has 0 aliphatic rings. The minimum absolute atomic E-state index is 0.340. The fraction of sp³-hybridized carbons (Fsp3) is 0.800. The number of alkyl halides is 1. The van der Waals surface area contributed by atoms with E-state index in [4.69, 9.17) is 0 Å². The summed E-state index contributed by atoms with van der Waals surface area (Å²) in [5, 5.41) is 0. The van der Waals surface area contributed by atoms with Crippen molar-refractivity contribution in [2.45, 2.75) is 46.2 Å². The lowest BCUT2D eigenvalue weighted by molar-refractivity contribution is 0.0555. The Hall–Kier alpha value is -0.330. The van der Waals surface area contributed by atoms with E-state index >= 15 is 0 Å². The molecule has 0 saturated heterocycles. The van der Waals surface area contributed by atoms with Gasteiger partial charge in [0.2, 0.25) is 0 Å². The van der Waals surface area contributed by atoms with E-state index in [-0.39, 0.29) is 5.41 Å². The summed E-state index contributed by atoms with van der Waals surface area (Å²) in [5.74, 6) is 0. The molecule has 0 heterocycles. The zero-order valence-corrected chi connectivity index (χ0v) is 8.08. The predicted octanol–water partition coefficient (Wildman–Crippen LogP) is 3.73. The normalized spacial score (nSPS) is 13.2. The summed E-state index contributed by atoms with van der Waals surface area (Å²) in [4.78, 5) is 0. The molecule has 1 heteroatoms. The highest BCUT2D eigenvalue weighted by Crippen LogP contribution is 2.41. The Balaban J connectivity index is 4.68. The molecule has 0 bridgehead atoms. The van der Waals surface area contributed by atoms with Gasteiger partial charge in [-0.2, -0.15) is 0 Å². The van der Waals surface area contributed by atoms with Gasteiger partial charge in [0.05, 0.1) is 0 Å². The van der Waals surface area contributed by atoms with Crippen LogP contribution < -0.4 is 0 Å². The van der Waals surface area contributed by atoms with Crippen molar-refractivity contribution in [3.8, 4) is 0 Å². The average molecular weight is 158 g/mol. The first-order valence-corrected chi connectivity index (χ1v) is 4.26. The van der Waals surface area contributed by atoms with Gasteiger partial charge < -0.3 is 0 Å². The Morgan fingerprint density at radius 1 is 1.27 bits per heavy atom. The van der Waals surface area contributed by atoms with Gasteiger partial charge in [0, 0.05) is 5.41 Å². The van der Waals surface area contributed by atoms with Gasteiger partial charge in [-0.3, -0.25) is 0 Å². The van der Waals surface area contributed by atoms with Crippen LogP contribution in [0, 0.1) is 5.41 Å². The molecule has 0 aromatic heterocycles. The first kappa shape index (κ1) is 10.7. The highest BCUT2D eigenvalue weighted by atomic mass is 19.1. The first-order chi connectivity index (χ1) is 4.93. The topological polar surface area (TPSA) is 0 Å². The second kappa shape index (κ2) is 3.38. The Morgan fingerprint density at radius 3 is 1.64 bits per heavy atom. The van der Waals surface area contributed by atoms with Crippen molar-refractivity contribution >= 4 is 0 Å². The molecule has 0 radical (unpaired) electrons. The third kappa shape index (κ3) is 1.82. The van der Waals surface area contributed by atoms with Crippen LogP contribution in [-0.2, 0) is 0 Å². The van der Waals surface area contributed by atoms with Gasteiger partial charge in [-0.15, -0.1) is 6.58 Å². The lowest BCUT2D eigenvalue weighted by Gasteiger charge is -2.37. The second-order valence-electron chi connectivity index (χ2n) is 3.54. The summed E-state index contributed by atoms with van der Waals surface area (Å²) in [6, 6.07) is 0. The summed E-state index contributed by atoms with van der Waals surface area (Å²) in [6.45, 7) is 11.0. The largest absolute Gasteiger partial charge is 0.244 e. The molecule has 0 atom stereocenters. The summed E-state index contributed by atoms with van der Waals surface area (Å²) < 4.78 is 13.6. The molecule has 0 aromatic carbocycles. The summed E-state index contributed by atoms with van der Waals surface area (Å²) >= 11 is 0. The quantitative estimate of drug-likeness (QED) is 0.547. The molecule has 0 aliphatic carbocycles. The third-order valence-corrected chi connectivity index (χ3v) is 2.84. The lowest BCUT2D eigenvalue weighted by Crippen LogP contribution is -2.37. The zero-order valence-electron chi connectivity index (χ0n) is 8.08. The monoisotopic (exact) mass is 158 g/mol. The molecular formula is C10H19F. The van der Waals surface area contributed by atoms with E-state index in [1.807, 2.05) is 13.8 Å². The molecule has 0 saturated carbocycles. The Bertz CT molecular complexity index is 126. The molecule has 0 aliphatic heterocycles. The van der Waals surface area contributed by atoms with Crippen molar-refractivity contribution in [2.24, 2.45) is 5.41 Å². The summed E-state index contributed by atoms with van der Waals surface area (Å²) in [6.07, 6.45) is 3.39. The maximum absolute atomic E-state index is 13.6. The average Bonchev–Trinajstić information content (AvgIpc) is 1.90. The minimum Gasteiger partial charge on any atom is -0.244 e. The maximum atomic E-state index is 13.6. The van der Waals surface area contributed by atoms with E-state index < -0.39 is 5.67 Å². The lowest BCUT2D eigenvalue weighted by atomic mass is 9.71. The molecule has 0 nitrogen and oxygen atoms in total. The highest BCUT2D eigenvalue weighted by Gasteiger charge is 2.39. The van der Waals surface area contributed by atoms with Crippen LogP contribution in [0.15, 0.2) is 12.7 Å². The number of halogens is 1. The molecular weight excluding hydrogens is 139 g/mol. The van der Waals surface area contributed by atoms with Crippen LogP contribution in [0.1, 0.15) is 40.5 Å². The molecule has 66 valence electrons. The van der Waals surface area contributed by atoms with Crippen molar-refractivity contribution in [1.29, 1.82) is 0 Å². The van der Waals surface area contributed by atoms with Crippen molar-refractivity contribution in [1.82, 2.24) is 0 Å². The van der Waals surface area contributed by atoms with Crippen LogP contribution in [0.3, 0.4) is 0 Å². The van der Waals surface area contributed by atoms with Crippen LogP contribution in [0.25, 0.3) is 0 Å². The molecule has 0 unspecified atom stereocenters. The van der Waals surface area contributed by atoms with Crippen LogP contribution in [0.4, 0.5) is 4.39 Å². The van der Waals surface area contributed by atoms with Crippen molar-refractivity contribution in [2.75, 3.05) is 0 Å². The summed E-state index contributed by atoms with van der Waals surface area (Å²) in [7, 11) is 0. The van der Waals surface area contributed by atoms with E-state index in [2.05, 4.69) is 6.58 Å². The number of rotatable bonds is 4. The van der Waals surface area contributed by atoms with E-state index in [9.17, 15) is 4.39 Å². The van der Waals surface area contributed by atoms with Gasteiger partial charge >= 0.3 is 0 Å². The van der Waals surface area contributed by atoms with Gasteiger partial charge in [-0.1, -0.05) is 19.9 Å². The smallest absolute Gasteiger partial charge is 0.114 e. The van der Waals surface area contributed by atoms with Crippen LogP contribution in [0.5, 0.6) is 0 Å². The van der Waals surface area contributed by atoms with Crippen molar-refractivity contribution in [3.05, 3.63) is 12.7 Å². The SMILES string of the molecule is C=CC(CC)(CC)C(C)(C)F. The van der Waals surface area contributed by atoms with Gasteiger partial charge in [0.1, 0.15) is 5.67 Å². The Labute approximate surface area is 69.5 Å². The van der Waals surface area contributed by atoms with E-state index in [1.165, 1.54) is 0 Å². The number of allylic oxidation sites excluding steroid dienone is 1. The van der Waals surface area contributed by atoms with Crippen molar-refractivity contribution < 1.29 is 4.39 Å². The minimum atomic E-state index is -1.15. The van der Waals surface area contributed by atoms with Gasteiger partial charge in [-0.25, -0.2) is 4.39 Å². The third-order valence-electron chi connectivity index (χ3n) is 2.84.